The van der Waals surface area contributed by atoms with Gasteiger partial charge in [-0.05, 0) is 80.5 Å². The zero-order valence-corrected chi connectivity index (χ0v) is 20.2. The van der Waals surface area contributed by atoms with Crippen LogP contribution in [0.25, 0.3) is 0 Å². The Morgan fingerprint density at radius 2 is 1.67 bits per heavy atom. The molecule has 2 aliphatic carbocycles. The van der Waals surface area contributed by atoms with Crippen LogP contribution in [-0.4, -0.2) is 72.8 Å². The number of rotatable bonds is 4. The molecule has 8 nitrogen and oxygen atoms in total. The van der Waals surface area contributed by atoms with E-state index in [9.17, 15) is 18.0 Å². The highest BCUT2D eigenvalue weighted by Gasteiger charge is 2.52. The van der Waals surface area contributed by atoms with Crippen molar-refractivity contribution in [2.75, 3.05) is 32.8 Å². The molecule has 2 aliphatic heterocycles. The zero-order chi connectivity index (χ0) is 23.2. The molecular formula is C24H34N4O4S. The Morgan fingerprint density at radius 3 is 2.36 bits per heavy atom. The van der Waals surface area contributed by atoms with Crippen molar-refractivity contribution in [2.45, 2.75) is 68.7 Å². The van der Waals surface area contributed by atoms with Crippen LogP contribution in [0.15, 0.2) is 23.1 Å². The smallest absolute Gasteiger partial charge is 0.323 e. The standard InChI is InChI=1S/C24H34N4O4S/c1-18-8-10-24(11-9-18)22(29)28(23(30)25-24)17-26-12-14-27(15-13-26)33(31,32)21-7-6-19-4-2-3-5-20(19)16-21/h6-7,16,18H,2-5,8-15,17H2,1H3,(H,25,30). The van der Waals surface area contributed by atoms with Gasteiger partial charge in [0.15, 0.2) is 0 Å². The second kappa shape index (κ2) is 8.67. The van der Waals surface area contributed by atoms with Crippen molar-refractivity contribution in [2.24, 2.45) is 5.92 Å². The Hall–Kier alpha value is -1.97. The molecule has 4 aliphatic rings. The number of aryl methyl sites for hydroxylation is 2. The SMILES string of the molecule is CC1CCC2(CC1)NC(=O)N(CN1CCN(S(=O)(=O)c3ccc4c(c3)CCCC4)CC1)C2=O. The zero-order valence-electron chi connectivity index (χ0n) is 19.4. The van der Waals surface area contributed by atoms with Crippen molar-refractivity contribution in [3.05, 3.63) is 29.3 Å². The van der Waals surface area contributed by atoms with Gasteiger partial charge in [0, 0.05) is 26.2 Å². The predicted molar refractivity (Wildman–Crippen MR) is 124 cm³/mol. The van der Waals surface area contributed by atoms with Gasteiger partial charge in [-0.3, -0.25) is 9.69 Å². The molecule has 0 radical (unpaired) electrons. The molecule has 33 heavy (non-hydrogen) atoms. The van der Waals surface area contributed by atoms with Crippen molar-refractivity contribution in [3.63, 3.8) is 0 Å². The molecule has 0 unspecified atom stereocenters. The minimum Gasteiger partial charge on any atom is -0.323 e. The predicted octanol–water partition coefficient (Wildman–Crippen LogP) is 2.33. The molecule has 3 fully saturated rings. The highest BCUT2D eigenvalue weighted by molar-refractivity contribution is 7.89. The first kappa shape index (κ1) is 22.8. The number of nitrogens with one attached hydrogen (secondary N) is 1. The molecule has 180 valence electrons. The van der Waals surface area contributed by atoms with Crippen LogP contribution in [0.3, 0.4) is 0 Å². The lowest BCUT2D eigenvalue weighted by atomic mass is 9.77. The molecule has 0 atom stereocenters. The lowest BCUT2D eigenvalue weighted by Crippen LogP contribution is -2.53. The normalized spacial score (nSPS) is 29.4. The summed E-state index contributed by atoms with van der Waals surface area (Å²) in [4.78, 5) is 29.4. The van der Waals surface area contributed by atoms with Crippen LogP contribution in [-0.2, 0) is 27.7 Å². The quantitative estimate of drug-likeness (QED) is 0.677. The third-order valence-electron chi connectivity index (χ3n) is 8.00. The Balaban J connectivity index is 1.21. The average Bonchev–Trinajstić information content (AvgIpc) is 3.05. The van der Waals surface area contributed by atoms with Gasteiger partial charge in [-0.2, -0.15) is 4.31 Å². The molecule has 0 bridgehead atoms. The number of piperazine rings is 1. The van der Waals surface area contributed by atoms with E-state index in [0.717, 1.165) is 37.7 Å². The number of urea groups is 1. The number of nitrogens with zero attached hydrogens (tertiary/aromatic N) is 3. The van der Waals surface area contributed by atoms with E-state index in [-0.39, 0.29) is 18.6 Å². The van der Waals surface area contributed by atoms with Gasteiger partial charge in [-0.25, -0.2) is 18.1 Å². The average molecular weight is 475 g/mol. The summed E-state index contributed by atoms with van der Waals surface area (Å²) < 4.78 is 28.0. The number of sulfonamides is 1. The van der Waals surface area contributed by atoms with Crippen LogP contribution >= 0.6 is 0 Å². The minimum atomic E-state index is -3.55. The van der Waals surface area contributed by atoms with Crippen molar-refractivity contribution in [1.82, 2.24) is 19.4 Å². The van der Waals surface area contributed by atoms with Crippen LogP contribution in [0, 0.1) is 5.92 Å². The number of imide groups is 1. The summed E-state index contributed by atoms with van der Waals surface area (Å²) in [5.41, 5.74) is 1.69. The topological polar surface area (TPSA) is 90.0 Å². The Bertz CT molecular complexity index is 1040. The first-order valence-electron chi connectivity index (χ1n) is 12.3. The highest BCUT2D eigenvalue weighted by Crippen LogP contribution is 2.36. The summed E-state index contributed by atoms with van der Waals surface area (Å²) in [6, 6.07) is 5.24. The monoisotopic (exact) mass is 474 g/mol. The number of benzene rings is 1. The first-order valence-corrected chi connectivity index (χ1v) is 13.7. The van der Waals surface area contributed by atoms with Crippen LogP contribution in [0.4, 0.5) is 4.79 Å². The fourth-order valence-corrected chi connectivity index (χ4v) is 7.20. The molecule has 1 spiro atoms. The Morgan fingerprint density at radius 1 is 1.00 bits per heavy atom. The number of hydrogen-bond donors (Lipinski definition) is 1. The van der Waals surface area contributed by atoms with E-state index >= 15 is 0 Å². The van der Waals surface area contributed by atoms with Gasteiger partial charge < -0.3 is 5.32 Å². The summed E-state index contributed by atoms with van der Waals surface area (Å²) in [5, 5.41) is 2.96. The molecule has 1 saturated carbocycles. The molecular weight excluding hydrogens is 440 g/mol. The molecule has 2 heterocycles. The summed E-state index contributed by atoms with van der Waals surface area (Å²) >= 11 is 0. The maximum Gasteiger partial charge on any atom is 0.326 e. The Labute approximate surface area is 196 Å². The fourth-order valence-electron chi connectivity index (χ4n) is 5.73. The third-order valence-corrected chi connectivity index (χ3v) is 9.90. The maximum absolute atomic E-state index is 13.2. The van der Waals surface area contributed by atoms with Crippen LogP contribution in [0.2, 0.25) is 0 Å². The van der Waals surface area contributed by atoms with E-state index in [1.165, 1.54) is 21.2 Å². The van der Waals surface area contributed by atoms with Crippen LogP contribution < -0.4 is 5.32 Å². The van der Waals surface area contributed by atoms with E-state index < -0.39 is 15.6 Å². The summed E-state index contributed by atoms with van der Waals surface area (Å²) in [6.07, 6.45) is 7.52. The Kier molecular flexibility index (Phi) is 5.99. The number of carbonyl (C=O) groups excluding carboxylic acids is 2. The van der Waals surface area contributed by atoms with Gasteiger partial charge >= 0.3 is 6.03 Å². The molecule has 9 heteroatoms. The van der Waals surface area contributed by atoms with E-state index in [2.05, 4.69) is 12.2 Å². The molecule has 1 aromatic rings. The number of fused-ring (bicyclic) bond motifs is 1. The summed E-state index contributed by atoms with van der Waals surface area (Å²) in [6.45, 7) is 4.09. The summed E-state index contributed by atoms with van der Waals surface area (Å²) in [7, 11) is -3.55. The van der Waals surface area contributed by atoms with Crippen LogP contribution in [0.1, 0.15) is 56.6 Å². The van der Waals surface area contributed by atoms with E-state index in [1.807, 2.05) is 17.0 Å². The lowest BCUT2D eigenvalue weighted by molar-refractivity contribution is -0.134. The van der Waals surface area contributed by atoms with E-state index in [1.54, 1.807) is 6.07 Å². The van der Waals surface area contributed by atoms with Crippen molar-refractivity contribution in [3.8, 4) is 0 Å². The van der Waals surface area contributed by atoms with Crippen molar-refractivity contribution >= 4 is 22.0 Å². The van der Waals surface area contributed by atoms with Gasteiger partial charge in [-0.15, -0.1) is 0 Å². The largest absolute Gasteiger partial charge is 0.326 e. The van der Waals surface area contributed by atoms with E-state index in [0.29, 0.717) is 49.8 Å². The molecule has 0 aromatic heterocycles. The minimum absolute atomic E-state index is 0.122. The molecule has 1 aromatic carbocycles. The highest BCUT2D eigenvalue weighted by atomic mass is 32.2. The fraction of sp³-hybridized carbons (Fsp3) is 0.667. The molecule has 3 amide bonds. The van der Waals surface area contributed by atoms with Crippen molar-refractivity contribution < 1.29 is 18.0 Å². The summed E-state index contributed by atoms with van der Waals surface area (Å²) in [5.74, 6) is 0.461. The third kappa shape index (κ3) is 4.19. The second-order valence-electron chi connectivity index (χ2n) is 10.2. The van der Waals surface area contributed by atoms with Gasteiger partial charge in [0.25, 0.3) is 5.91 Å². The van der Waals surface area contributed by atoms with Gasteiger partial charge in [0.05, 0.1) is 11.6 Å². The van der Waals surface area contributed by atoms with Crippen LogP contribution in [0.5, 0.6) is 0 Å². The number of amides is 3. The first-order chi connectivity index (χ1) is 15.8. The molecule has 2 saturated heterocycles. The van der Waals surface area contributed by atoms with E-state index in [4.69, 9.17) is 0 Å². The van der Waals surface area contributed by atoms with Gasteiger partial charge in [-0.1, -0.05) is 13.0 Å². The van der Waals surface area contributed by atoms with Crippen molar-refractivity contribution in [1.29, 1.82) is 0 Å². The maximum atomic E-state index is 13.2. The lowest BCUT2D eigenvalue weighted by Gasteiger charge is -2.36. The van der Waals surface area contributed by atoms with Gasteiger partial charge in [0.1, 0.15) is 5.54 Å². The molecule has 1 N–H and O–H groups in total. The molecule has 5 rings (SSSR count). The second-order valence-corrected chi connectivity index (χ2v) is 12.2. The number of carbonyl (C=O) groups is 2. The van der Waals surface area contributed by atoms with Gasteiger partial charge in [0.2, 0.25) is 10.0 Å². The number of hydrogen-bond acceptors (Lipinski definition) is 5.